The molecule has 148 valence electrons. The van der Waals surface area contributed by atoms with Gasteiger partial charge in [0.25, 0.3) is 0 Å². The van der Waals surface area contributed by atoms with Crippen LogP contribution in [0.4, 0.5) is 0 Å². The van der Waals surface area contributed by atoms with Crippen molar-refractivity contribution in [3.05, 3.63) is 84.8 Å². The number of ether oxygens (including phenoxy) is 1. The minimum absolute atomic E-state index is 0.484. The Kier molecular flexibility index (Phi) is 4.89. The van der Waals surface area contributed by atoms with Crippen LogP contribution in [0.5, 0.6) is 0 Å². The molecule has 1 aliphatic heterocycles. The summed E-state index contributed by atoms with van der Waals surface area (Å²) in [7, 11) is -2.09. The molecule has 0 radical (unpaired) electrons. The summed E-state index contributed by atoms with van der Waals surface area (Å²) in [6.07, 6.45) is 3.02. The molecule has 0 saturated carbocycles. The van der Waals surface area contributed by atoms with Crippen molar-refractivity contribution in [1.82, 2.24) is 4.67 Å². The number of hydrogen-bond donors (Lipinski definition) is 0. The van der Waals surface area contributed by atoms with Gasteiger partial charge in [0.2, 0.25) is 7.29 Å². The van der Waals surface area contributed by atoms with Crippen LogP contribution in [-0.4, -0.2) is 30.1 Å². The van der Waals surface area contributed by atoms with Gasteiger partial charge in [-0.2, -0.15) is 0 Å². The molecular weight excluding hydrogens is 387 g/mol. The third-order valence-electron chi connectivity index (χ3n) is 5.29. The van der Waals surface area contributed by atoms with Crippen molar-refractivity contribution in [2.45, 2.75) is 18.5 Å². The Hall–Kier alpha value is -3.11. The highest BCUT2D eigenvalue weighted by atomic mass is 31.2. The zero-order valence-electron chi connectivity index (χ0n) is 16.1. The van der Waals surface area contributed by atoms with Gasteiger partial charge in [0, 0.05) is 10.6 Å². The lowest BCUT2D eigenvalue weighted by atomic mass is 9.91. The van der Waals surface area contributed by atoms with Crippen molar-refractivity contribution in [3.63, 3.8) is 0 Å². The highest BCUT2D eigenvalue weighted by Crippen LogP contribution is 2.56. The van der Waals surface area contributed by atoms with Gasteiger partial charge in [0.1, 0.15) is 11.3 Å². The second-order valence-electron chi connectivity index (χ2n) is 6.91. The molecule has 1 aromatic heterocycles. The maximum absolute atomic E-state index is 14.8. The van der Waals surface area contributed by atoms with E-state index in [1.54, 1.807) is 23.7 Å². The molecule has 0 N–H and O–H groups in total. The summed E-state index contributed by atoms with van der Waals surface area (Å²) in [4.78, 5) is 17.0. The highest BCUT2D eigenvalue weighted by Gasteiger charge is 2.57. The summed E-state index contributed by atoms with van der Waals surface area (Å²) in [5.41, 5.74) is -1.13. The van der Waals surface area contributed by atoms with Crippen LogP contribution >= 0.6 is 7.29 Å². The Bertz CT molecular complexity index is 1020. The Balaban J connectivity index is 1.96. The number of furan rings is 1. The number of esters is 1. The van der Waals surface area contributed by atoms with Crippen LogP contribution in [0.2, 0.25) is 0 Å². The average molecular weight is 408 g/mol. The van der Waals surface area contributed by atoms with Gasteiger partial charge in [-0.1, -0.05) is 36.4 Å². The quantitative estimate of drug-likeness (QED) is 0.479. The van der Waals surface area contributed by atoms with Crippen LogP contribution in [0, 0.1) is 0 Å². The molecule has 2 heterocycles. The summed E-state index contributed by atoms with van der Waals surface area (Å²) in [5.74, 6) is -0.0344. The zero-order chi connectivity index (χ0) is 20.5. The second-order valence-corrected chi connectivity index (χ2v) is 9.52. The van der Waals surface area contributed by atoms with Crippen molar-refractivity contribution in [2.75, 3.05) is 7.11 Å². The predicted octanol–water partition coefficient (Wildman–Crippen LogP) is 3.31. The summed E-state index contributed by atoms with van der Waals surface area (Å²) in [6, 6.07) is 21.0. The van der Waals surface area contributed by atoms with Gasteiger partial charge in [-0.3, -0.25) is 14.2 Å². The second kappa shape index (κ2) is 7.37. The van der Waals surface area contributed by atoms with Crippen molar-refractivity contribution in [2.24, 2.45) is 4.99 Å². The first-order valence-corrected chi connectivity index (χ1v) is 10.8. The lowest BCUT2D eigenvalue weighted by Crippen LogP contribution is -2.50. The molecule has 2 atom stereocenters. The Morgan fingerprint density at radius 3 is 2.10 bits per heavy atom. The minimum atomic E-state index is -3.41. The smallest absolute Gasteiger partial charge is 0.333 e. The molecule has 1 aliphatic rings. The molecule has 0 bridgehead atoms. The summed E-state index contributed by atoms with van der Waals surface area (Å²) in [5, 5.41) is 1.28. The summed E-state index contributed by atoms with van der Waals surface area (Å²) >= 11 is 0. The average Bonchev–Trinajstić information content (AvgIpc) is 3.43. The molecule has 4 rings (SSSR count). The number of rotatable bonds is 5. The van der Waals surface area contributed by atoms with Crippen LogP contribution in [0.25, 0.3) is 0 Å². The number of carbonyl (C=O) groups is 1. The summed E-state index contributed by atoms with van der Waals surface area (Å²) < 4.78 is 27.2. The molecule has 0 unspecified atom stereocenters. The molecule has 0 fully saturated rings. The highest BCUT2D eigenvalue weighted by molar-refractivity contribution is 7.77. The number of hydrogen-bond acceptors (Lipinski definition) is 5. The Morgan fingerprint density at radius 1 is 1.03 bits per heavy atom. The van der Waals surface area contributed by atoms with E-state index in [4.69, 9.17) is 9.15 Å². The molecule has 3 aromatic rings. The van der Waals surface area contributed by atoms with Gasteiger partial charge in [0.05, 0.1) is 19.7 Å². The molecule has 0 spiro atoms. The zero-order valence-corrected chi connectivity index (χ0v) is 17.0. The topological polar surface area (TPSA) is 72.1 Å². The lowest BCUT2D eigenvalue weighted by molar-refractivity contribution is -0.144. The van der Waals surface area contributed by atoms with Gasteiger partial charge in [0.15, 0.2) is 6.04 Å². The molecular formula is C22H21N2O4P. The number of aliphatic imine (C=N–C) groups is 1. The van der Waals surface area contributed by atoms with Crippen molar-refractivity contribution in [1.29, 1.82) is 0 Å². The van der Waals surface area contributed by atoms with Gasteiger partial charge >= 0.3 is 5.97 Å². The first-order chi connectivity index (χ1) is 14.0. The van der Waals surface area contributed by atoms with Crippen LogP contribution in [0.1, 0.15) is 12.7 Å². The first-order valence-electron chi connectivity index (χ1n) is 9.19. The van der Waals surface area contributed by atoms with E-state index in [0.717, 1.165) is 0 Å². The van der Waals surface area contributed by atoms with Crippen LogP contribution in [0.3, 0.4) is 0 Å². The molecule has 2 aromatic carbocycles. The number of methoxy groups -OCH3 is 1. The van der Waals surface area contributed by atoms with E-state index in [-0.39, 0.29) is 0 Å². The maximum Gasteiger partial charge on any atom is 0.333 e. The number of nitrogens with zero attached hydrogens (tertiary/aromatic N) is 2. The fourth-order valence-corrected chi connectivity index (χ4v) is 6.71. The molecule has 0 saturated heterocycles. The monoisotopic (exact) mass is 408 g/mol. The van der Waals surface area contributed by atoms with E-state index in [9.17, 15) is 9.36 Å². The van der Waals surface area contributed by atoms with Gasteiger partial charge in [-0.05, 0) is 43.3 Å². The number of carbonyl (C=O) groups excluding carboxylic acids is 1. The first kappa shape index (κ1) is 19.2. The third kappa shape index (κ3) is 2.91. The van der Waals surface area contributed by atoms with E-state index >= 15 is 0 Å². The van der Waals surface area contributed by atoms with Crippen molar-refractivity contribution >= 4 is 30.2 Å². The van der Waals surface area contributed by atoms with Crippen LogP contribution in [-0.2, 0) is 19.6 Å². The van der Waals surface area contributed by atoms with Gasteiger partial charge in [-0.25, -0.2) is 4.79 Å². The lowest BCUT2D eigenvalue weighted by Gasteiger charge is -2.41. The van der Waals surface area contributed by atoms with E-state index in [1.807, 2.05) is 60.7 Å². The van der Waals surface area contributed by atoms with Crippen LogP contribution < -0.4 is 10.6 Å². The number of benzene rings is 2. The normalized spacial score (nSPS) is 21.3. The third-order valence-corrected chi connectivity index (χ3v) is 8.42. The van der Waals surface area contributed by atoms with Gasteiger partial charge < -0.3 is 9.15 Å². The molecule has 6 nitrogen and oxygen atoms in total. The van der Waals surface area contributed by atoms with E-state index in [2.05, 4.69) is 4.99 Å². The predicted molar refractivity (Wildman–Crippen MR) is 112 cm³/mol. The fraction of sp³-hybridized carbons (Fsp3) is 0.182. The molecule has 7 heteroatoms. The largest absolute Gasteiger partial charge is 0.467 e. The summed E-state index contributed by atoms with van der Waals surface area (Å²) in [6.45, 7) is 1.80. The molecule has 0 amide bonds. The van der Waals surface area contributed by atoms with Gasteiger partial charge in [-0.15, -0.1) is 0 Å². The molecule has 0 aliphatic carbocycles. The Morgan fingerprint density at radius 2 is 1.62 bits per heavy atom. The fourth-order valence-electron chi connectivity index (χ4n) is 3.76. The maximum atomic E-state index is 14.8. The SMILES string of the molecule is COC(=O)[C@@H]1N=CN(P(=O)(c2ccccc2)c2ccccc2)[C@]1(C)c1ccco1. The van der Waals surface area contributed by atoms with E-state index < -0.39 is 24.8 Å². The van der Waals surface area contributed by atoms with Crippen molar-refractivity contribution < 1.29 is 18.5 Å². The Labute approximate surface area is 169 Å². The van der Waals surface area contributed by atoms with Crippen LogP contribution in [0.15, 0.2) is 88.5 Å². The molecule has 29 heavy (non-hydrogen) atoms. The van der Waals surface area contributed by atoms with E-state index in [0.29, 0.717) is 16.4 Å². The van der Waals surface area contributed by atoms with Crippen molar-refractivity contribution in [3.8, 4) is 0 Å². The minimum Gasteiger partial charge on any atom is -0.467 e. The standard InChI is InChI=1S/C22H21N2O4P/c1-22(19-14-9-15-28-19)20(21(25)27-2)23-16-24(22)29(26,17-10-5-3-6-11-17)18-12-7-4-8-13-18/h3-16,20H,1-2H3/t20-,22+/m0/s1. The van der Waals surface area contributed by atoms with E-state index in [1.165, 1.54) is 19.7 Å².